The first-order chi connectivity index (χ1) is 18.4. The Morgan fingerprint density at radius 2 is 1.35 bits per heavy atom. The standard InChI is InChI=1S/C25H19F10NO3S/c1-22(37,24(30,31)32)36-20(15-4-2-6-18(12-15)39-23(28,29)21(26)27)14-8-10-16(11-9-14)38-17-5-3-7-19(13-17)40-25(33,34)35/h2-13,20-21,36-37H,1H3. The number of thioether (sulfide) groups is 1. The molecule has 2 atom stereocenters. The van der Waals surface area contributed by atoms with Gasteiger partial charge in [-0.2, -0.15) is 43.9 Å². The average molecular weight is 603 g/mol. The summed E-state index contributed by atoms with van der Waals surface area (Å²) >= 11 is -0.360. The fourth-order valence-electron chi connectivity index (χ4n) is 3.28. The van der Waals surface area contributed by atoms with Gasteiger partial charge in [0.1, 0.15) is 17.2 Å². The summed E-state index contributed by atoms with van der Waals surface area (Å²) in [6, 6.07) is 12.5. The maximum Gasteiger partial charge on any atom is 0.461 e. The Labute approximate surface area is 224 Å². The first-order valence-electron chi connectivity index (χ1n) is 11.0. The normalized spacial score (nSPS) is 15.0. The van der Waals surface area contributed by atoms with Gasteiger partial charge in [0.15, 0.2) is 0 Å². The molecule has 0 amide bonds. The van der Waals surface area contributed by atoms with Crippen molar-refractivity contribution in [1.82, 2.24) is 5.32 Å². The highest BCUT2D eigenvalue weighted by Gasteiger charge is 2.51. The van der Waals surface area contributed by atoms with Gasteiger partial charge >= 0.3 is 24.2 Å². The predicted octanol–water partition coefficient (Wildman–Crippen LogP) is 8.28. The molecule has 0 spiro atoms. The fourth-order valence-corrected chi connectivity index (χ4v) is 3.87. The van der Waals surface area contributed by atoms with Crippen LogP contribution in [-0.4, -0.2) is 35.1 Å². The summed E-state index contributed by atoms with van der Waals surface area (Å²) in [6.07, 6.45) is -14.3. The number of hydrogen-bond acceptors (Lipinski definition) is 5. The van der Waals surface area contributed by atoms with Gasteiger partial charge in [0.05, 0.1) is 6.04 Å². The summed E-state index contributed by atoms with van der Waals surface area (Å²) in [5, 5.41) is 12.0. The molecule has 0 radical (unpaired) electrons. The molecule has 40 heavy (non-hydrogen) atoms. The minimum absolute atomic E-state index is 0.0292. The van der Waals surface area contributed by atoms with E-state index in [2.05, 4.69) is 4.74 Å². The van der Waals surface area contributed by atoms with E-state index >= 15 is 0 Å². The molecule has 0 aliphatic carbocycles. The molecule has 0 bridgehead atoms. The SMILES string of the molecule is CC(O)(NC(c1ccc(Oc2cccc(SC(F)(F)F)c2)cc1)c1cccc(OC(F)(F)C(F)F)c1)C(F)(F)F. The van der Waals surface area contributed by atoms with Crippen molar-refractivity contribution in [1.29, 1.82) is 0 Å². The smallest absolute Gasteiger partial charge is 0.457 e. The van der Waals surface area contributed by atoms with E-state index in [9.17, 15) is 49.0 Å². The summed E-state index contributed by atoms with van der Waals surface area (Å²) in [6.45, 7) is 0.411. The fraction of sp³-hybridized carbons (Fsp3) is 0.280. The summed E-state index contributed by atoms with van der Waals surface area (Å²) in [7, 11) is 0. The second-order valence-electron chi connectivity index (χ2n) is 8.38. The van der Waals surface area contributed by atoms with E-state index in [1.54, 1.807) is 0 Å². The van der Waals surface area contributed by atoms with Crippen LogP contribution in [0.1, 0.15) is 24.1 Å². The van der Waals surface area contributed by atoms with Crippen molar-refractivity contribution in [3.63, 3.8) is 0 Å². The van der Waals surface area contributed by atoms with E-state index in [0.29, 0.717) is 6.92 Å². The van der Waals surface area contributed by atoms with Gasteiger partial charge in [-0.15, -0.1) is 0 Å². The Hall–Kier alpha value is -3.17. The molecule has 3 rings (SSSR count). The average Bonchev–Trinajstić information content (AvgIpc) is 2.81. The van der Waals surface area contributed by atoms with E-state index < -0.39 is 41.7 Å². The van der Waals surface area contributed by atoms with E-state index in [0.717, 1.165) is 24.3 Å². The number of rotatable bonds is 10. The van der Waals surface area contributed by atoms with Crippen molar-refractivity contribution in [3.05, 3.63) is 83.9 Å². The molecule has 0 fully saturated rings. The van der Waals surface area contributed by atoms with Gasteiger partial charge in [-0.1, -0.05) is 30.3 Å². The second kappa shape index (κ2) is 11.7. The van der Waals surface area contributed by atoms with E-state index in [1.807, 2.05) is 5.32 Å². The molecule has 2 unspecified atom stereocenters. The first kappa shape index (κ1) is 31.4. The van der Waals surface area contributed by atoms with Gasteiger partial charge in [0, 0.05) is 4.90 Å². The minimum Gasteiger partial charge on any atom is -0.457 e. The number of aliphatic hydroxyl groups is 1. The van der Waals surface area contributed by atoms with Crippen molar-refractivity contribution in [3.8, 4) is 17.2 Å². The molecule has 0 aliphatic heterocycles. The molecule has 3 aromatic rings. The Bertz CT molecular complexity index is 1280. The summed E-state index contributed by atoms with van der Waals surface area (Å²) < 4.78 is 140. The highest BCUT2D eigenvalue weighted by Crippen LogP contribution is 2.39. The Balaban J connectivity index is 1.92. The Morgan fingerprint density at radius 3 is 1.93 bits per heavy atom. The lowest BCUT2D eigenvalue weighted by Crippen LogP contribution is -2.55. The largest absolute Gasteiger partial charge is 0.461 e. The van der Waals surface area contributed by atoms with Crippen molar-refractivity contribution in [2.24, 2.45) is 0 Å². The maximum absolute atomic E-state index is 13.4. The molecule has 15 heteroatoms. The second-order valence-corrected chi connectivity index (χ2v) is 9.52. The van der Waals surface area contributed by atoms with Crippen LogP contribution in [0.5, 0.6) is 17.2 Å². The molecule has 4 nitrogen and oxygen atoms in total. The van der Waals surface area contributed by atoms with Crippen LogP contribution in [0.2, 0.25) is 0 Å². The molecule has 2 N–H and O–H groups in total. The molecular weight excluding hydrogens is 584 g/mol. The number of halogens is 10. The monoisotopic (exact) mass is 603 g/mol. The molecule has 0 heterocycles. The van der Waals surface area contributed by atoms with Gasteiger partial charge in [-0.05, 0) is 72.3 Å². The van der Waals surface area contributed by atoms with Crippen LogP contribution in [0.4, 0.5) is 43.9 Å². The predicted molar refractivity (Wildman–Crippen MR) is 125 cm³/mol. The van der Waals surface area contributed by atoms with Gasteiger partial charge in [-0.25, -0.2) is 0 Å². The van der Waals surface area contributed by atoms with Gasteiger partial charge in [0.25, 0.3) is 0 Å². The van der Waals surface area contributed by atoms with Crippen LogP contribution in [0.3, 0.4) is 0 Å². The lowest BCUT2D eigenvalue weighted by molar-refractivity contribution is -0.267. The number of alkyl halides is 10. The lowest BCUT2D eigenvalue weighted by Gasteiger charge is -2.33. The molecule has 218 valence electrons. The highest BCUT2D eigenvalue weighted by atomic mass is 32.2. The van der Waals surface area contributed by atoms with Crippen LogP contribution in [-0.2, 0) is 0 Å². The molecule has 0 aliphatic rings. The van der Waals surface area contributed by atoms with E-state index in [-0.39, 0.29) is 39.3 Å². The third-order valence-corrected chi connectivity index (χ3v) is 5.89. The minimum atomic E-state index is -5.19. The number of ether oxygens (including phenoxy) is 2. The van der Waals surface area contributed by atoms with Crippen molar-refractivity contribution in [2.45, 2.75) is 47.8 Å². The van der Waals surface area contributed by atoms with Crippen molar-refractivity contribution >= 4 is 11.8 Å². The molecule has 0 saturated carbocycles. The number of nitrogens with one attached hydrogen (secondary N) is 1. The number of hydrogen-bond donors (Lipinski definition) is 2. The quantitative estimate of drug-likeness (QED) is 0.139. The Morgan fingerprint density at radius 1 is 0.750 bits per heavy atom. The summed E-state index contributed by atoms with van der Waals surface area (Å²) in [5.74, 6) is -0.674. The van der Waals surface area contributed by atoms with Crippen molar-refractivity contribution < 1.29 is 58.5 Å². The van der Waals surface area contributed by atoms with Crippen LogP contribution in [0.15, 0.2) is 77.7 Å². The van der Waals surface area contributed by atoms with Gasteiger partial charge in [-0.3, -0.25) is 5.32 Å². The van der Waals surface area contributed by atoms with E-state index in [4.69, 9.17) is 4.74 Å². The maximum atomic E-state index is 13.4. The molecule has 0 aromatic heterocycles. The topological polar surface area (TPSA) is 50.7 Å². The van der Waals surface area contributed by atoms with Crippen LogP contribution in [0, 0.1) is 0 Å². The number of benzene rings is 3. The van der Waals surface area contributed by atoms with Crippen LogP contribution >= 0.6 is 11.8 Å². The van der Waals surface area contributed by atoms with Gasteiger partial charge in [0.2, 0.25) is 5.72 Å². The zero-order valence-electron chi connectivity index (χ0n) is 20.0. The molecule has 0 saturated heterocycles. The third-order valence-electron chi connectivity index (χ3n) is 5.16. The third kappa shape index (κ3) is 8.41. The van der Waals surface area contributed by atoms with Gasteiger partial charge < -0.3 is 14.6 Å². The highest BCUT2D eigenvalue weighted by molar-refractivity contribution is 8.00. The van der Waals surface area contributed by atoms with Crippen LogP contribution in [0.25, 0.3) is 0 Å². The summed E-state index contributed by atoms with van der Waals surface area (Å²) in [4.78, 5) is -0.153. The van der Waals surface area contributed by atoms with Crippen LogP contribution < -0.4 is 14.8 Å². The first-order valence-corrected chi connectivity index (χ1v) is 11.8. The Kier molecular flexibility index (Phi) is 9.21. The summed E-state index contributed by atoms with van der Waals surface area (Å²) in [5.41, 5.74) is -8.15. The zero-order chi connectivity index (χ0) is 29.9. The lowest BCUT2D eigenvalue weighted by atomic mass is 9.96. The van der Waals surface area contributed by atoms with Crippen molar-refractivity contribution in [2.75, 3.05) is 0 Å². The van der Waals surface area contributed by atoms with E-state index in [1.165, 1.54) is 48.5 Å². The molecular formula is C25H19F10NO3S. The molecule has 3 aromatic carbocycles. The zero-order valence-corrected chi connectivity index (χ0v) is 20.9.